The first-order valence-corrected chi connectivity index (χ1v) is 7.76. The van der Waals surface area contributed by atoms with Crippen LogP contribution in [0.2, 0.25) is 0 Å². The largest absolute Gasteiger partial charge is 0.353 e. The lowest BCUT2D eigenvalue weighted by molar-refractivity contribution is -0.204. The average Bonchev–Trinajstić information content (AvgIpc) is 3.28. The molecule has 1 aliphatic carbocycles. The van der Waals surface area contributed by atoms with Crippen LogP contribution >= 0.6 is 0 Å². The summed E-state index contributed by atoms with van der Waals surface area (Å²) in [6, 6.07) is 3.41. The third-order valence-electron chi connectivity index (χ3n) is 4.66. The summed E-state index contributed by atoms with van der Waals surface area (Å²) in [5, 5.41) is 0. The molecule has 3 nitrogen and oxygen atoms in total. The molecule has 1 saturated heterocycles. The number of hydrogen-bond donors (Lipinski definition) is 0. The van der Waals surface area contributed by atoms with Crippen LogP contribution in [0.25, 0.3) is 0 Å². The highest BCUT2D eigenvalue weighted by Crippen LogP contribution is 2.58. The van der Waals surface area contributed by atoms with Gasteiger partial charge in [-0.2, -0.15) is 0 Å². The third-order valence-corrected chi connectivity index (χ3v) is 4.66. The van der Waals surface area contributed by atoms with Crippen LogP contribution in [0.1, 0.15) is 50.7 Å². The predicted octanol–water partition coefficient (Wildman–Crippen LogP) is 3.92. The van der Waals surface area contributed by atoms with Crippen LogP contribution < -0.4 is 0 Å². The monoisotopic (exact) mass is 310 g/mol. The molecule has 1 aliphatic heterocycles. The van der Waals surface area contributed by atoms with Crippen molar-refractivity contribution in [2.24, 2.45) is 5.41 Å². The Hall–Kier alpha value is -1.33. The van der Waals surface area contributed by atoms with Crippen molar-refractivity contribution in [1.82, 2.24) is 0 Å². The van der Waals surface area contributed by atoms with Crippen molar-refractivity contribution in [3.05, 3.63) is 35.4 Å². The van der Waals surface area contributed by atoms with Crippen LogP contribution in [0, 0.1) is 17.0 Å². The van der Waals surface area contributed by atoms with Gasteiger partial charge in [0.15, 0.2) is 6.29 Å². The van der Waals surface area contributed by atoms with Crippen molar-refractivity contribution in [2.75, 3.05) is 6.61 Å². The minimum absolute atomic E-state index is 0.0166. The quantitative estimate of drug-likeness (QED) is 0.827. The molecule has 2 fully saturated rings. The van der Waals surface area contributed by atoms with Crippen molar-refractivity contribution in [1.29, 1.82) is 0 Å². The Labute approximate surface area is 128 Å². The number of ether oxygens (including phenoxy) is 2. The Morgan fingerprint density at radius 2 is 2.14 bits per heavy atom. The molecule has 0 radical (unpaired) electrons. The molecular weight excluding hydrogens is 290 g/mol. The van der Waals surface area contributed by atoms with E-state index in [9.17, 15) is 13.6 Å². The molecule has 0 bridgehead atoms. The fraction of sp³-hybridized carbons (Fsp3) is 0.588. The van der Waals surface area contributed by atoms with Gasteiger partial charge in [-0.1, -0.05) is 6.07 Å². The number of Topliss-reactive ketones (excluding diaryl/α,β-unsaturated/α-hetero) is 1. The van der Waals surface area contributed by atoms with Crippen LogP contribution in [0.5, 0.6) is 0 Å². The van der Waals surface area contributed by atoms with Gasteiger partial charge in [-0.05, 0) is 45.1 Å². The molecule has 1 aromatic rings. The smallest absolute Gasteiger partial charge is 0.158 e. The summed E-state index contributed by atoms with van der Waals surface area (Å²) in [5.41, 5.74) is -0.456. The molecule has 1 saturated carbocycles. The van der Waals surface area contributed by atoms with Crippen molar-refractivity contribution >= 4 is 5.78 Å². The number of rotatable bonds is 5. The highest BCUT2D eigenvalue weighted by Gasteiger charge is 2.56. The fourth-order valence-electron chi connectivity index (χ4n) is 3.12. The Morgan fingerprint density at radius 3 is 2.68 bits per heavy atom. The number of halogens is 2. The standard InChI is InChI=1S/C17H20F2O3/c1-11(20)17(7-8-17)16(22-15-4-2-3-9-21-15)13-6-5-12(18)10-14(13)19/h5-6,10,15-16H,2-4,7-9H2,1H3. The molecule has 2 atom stereocenters. The summed E-state index contributed by atoms with van der Waals surface area (Å²) in [6.07, 6.45) is 2.87. The van der Waals surface area contributed by atoms with E-state index in [1.54, 1.807) is 0 Å². The predicted molar refractivity (Wildman–Crippen MR) is 76.1 cm³/mol. The highest BCUT2D eigenvalue weighted by atomic mass is 19.1. The van der Waals surface area contributed by atoms with Crippen LogP contribution in [0.3, 0.4) is 0 Å². The molecule has 0 amide bonds. The Kier molecular flexibility index (Phi) is 4.28. The summed E-state index contributed by atoms with van der Waals surface area (Å²) in [5.74, 6) is -1.33. The summed E-state index contributed by atoms with van der Waals surface area (Å²) >= 11 is 0. The Bertz CT molecular complexity index is 563. The molecule has 2 aliphatic rings. The molecular formula is C17H20F2O3. The second kappa shape index (κ2) is 6.05. The minimum Gasteiger partial charge on any atom is -0.353 e. The number of ketones is 1. The van der Waals surface area contributed by atoms with Gasteiger partial charge >= 0.3 is 0 Å². The lowest BCUT2D eigenvalue weighted by Crippen LogP contribution is -2.32. The normalized spacial score (nSPS) is 24.8. The first kappa shape index (κ1) is 15.6. The van der Waals surface area contributed by atoms with Gasteiger partial charge in [-0.25, -0.2) is 8.78 Å². The summed E-state index contributed by atoms with van der Waals surface area (Å²) in [6.45, 7) is 2.11. The molecule has 0 aromatic heterocycles. The average molecular weight is 310 g/mol. The van der Waals surface area contributed by atoms with E-state index in [1.165, 1.54) is 19.1 Å². The van der Waals surface area contributed by atoms with Gasteiger partial charge < -0.3 is 9.47 Å². The van der Waals surface area contributed by atoms with Gasteiger partial charge in [0.1, 0.15) is 23.5 Å². The first-order valence-electron chi connectivity index (χ1n) is 7.76. The molecule has 1 heterocycles. The third kappa shape index (κ3) is 2.92. The highest BCUT2D eigenvalue weighted by molar-refractivity contribution is 5.86. The van der Waals surface area contributed by atoms with Gasteiger partial charge in [0.2, 0.25) is 0 Å². The van der Waals surface area contributed by atoms with E-state index < -0.39 is 29.4 Å². The van der Waals surface area contributed by atoms with Crippen LogP contribution in [-0.2, 0) is 14.3 Å². The number of hydrogen-bond acceptors (Lipinski definition) is 3. The van der Waals surface area contributed by atoms with E-state index in [-0.39, 0.29) is 11.3 Å². The maximum Gasteiger partial charge on any atom is 0.158 e. The van der Waals surface area contributed by atoms with Gasteiger partial charge in [0, 0.05) is 18.2 Å². The maximum atomic E-state index is 14.2. The van der Waals surface area contributed by atoms with E-state index in [2.05, 4.69) is 0 Å². The Morgan fingerprint density at radius 1 is 1.36 bits per heavy atom. The molecule has 2 unspecified atom stereocenters. The topological polar surface area (TPSA) is 35.5 Å². The fourth-order valence-corrected chi connectivity index (χ4v) is 3.12. The first-order chi connectivity index (χ1) is 10.5. The van der Waals surface area contributed by atoms with Crippen molar-refractivity contribution in [3.8, 4) is 0 Å². The maximum absolute atomic E-state index is 14.2. The number of carbonyl (C=O) groups is 1. The minimum atomic E-state index is -0.714. The zero-order chi connectivity index (χ0) is 15.7. The molecule has 0 spiro atoms. The molecule has 120 valence electrons. The lowest BCUT2D eigenvalue weighted by atomic mass is 9.88. The van der Waals surface area contributed by atoms with Crippen molar-refractivity contribution in [3.63, 3.8) is 0 Å². The van der Waals surface area contributed by atoms with E-state index in [0.717, 1.165) is 25.3 Å². The Balaban J connectivity index is 1.90. The number of benzene rings is 1. The van der Waals surface area contributed by atoms with Gasteiger partial charge in [-0.3, -0.25) is 4.79 Å². The van der Waals surface area contributed by atoms with Gasteiger partial charge in [-0.15, -0.1) is 0 Å². The second-order valence-corrected chi connectivity index (χ2v) is 6.19. The van der Waals surface area contributed by atoms with Gasteiger partial charge in [0.25, 0.3) is 0 Å². The van der Waals surface area contributed by atoms with Crippen LogP contribution in [0.15, 0.2) is 18.2 Å². The molecule has 5 heteroatoms. The van der Waals surface area contributed by atoms with Crippen LogP contribution in [-0.4, -0.2) is 18.7 Å². The molecule has 3 rings (SSSR count). The van der Waals surface area contributed by atoms with E-state index in [1.807, 2.05) is 0 Å². The summed E-state index contributed by atoms with van der Waals surface area (Å²) in [4.78, 5) is 12.0. The zero-order valence-corrected chi connectivity index (χ0v) is 12.6. The van der Waals surface area contributed by atoms with E-state index in [4.69, 9.17) is 9.47 Å². The molecule has 22 heavy (non-hydrogen) atoms. The molecule has 0 N–H and O–H groups in total. The van der Waals surface area contributed by atoms with E-state index in [0.29, 0.717) is 19.4 Å². The van der Waals surface area contributed by atoms with Crippen LogP contribution in [0.4, 0.5) is 8.78 Å². The van der Waals surface area contributed by atoms with E-state index >= 15 is 0 Å². The number of carbonyl (C=O) groups excluding carboxylic acids is 1. The lowest BCUT2D eigenvalue weighted by Gasteiger charge is -2.32. The van der Waals surface area contributed by atoms with Crippen molar-refractivity contribution < 1.29 is 23.0 Å². The SMILES string of the molecule is CC(=O)C1(C(OC2CCCCO2)c2ccc(F)cc2F)CC1. The molecule has 1 aromatic carbocycles. The second-order valence-electron chi connectivity index (χ2n) is 6.19. The zero-order valence-electron chi connectivity index (χ0n) is 12.6. The summed E-state index contributed by atoms with van der Waals surface area (Å²) < 4.78 is 38.9. The van der Waals surface area contributed by atoms with Gasteiger partial charge in [0.05, 0.1) is 5.41 Å². The van der Waals surface area contributed by atoms with Crippen molar-refractivity contribution in [2.45, 2.75) is 51.4 Å². The summed E-state index contributed by atoms with van der Waals surface area (Å²) in [7, 11) is 0.